The summed E-state index contributed by atoms with van der Waals surface area (Å²) in [5, 5.41) is 1.22. The average Bonchev–Trinajstić information content (AvgIpc) is 3.72. The molecule has 3 saturated heterocycles. The first kappa shape index (κ1) is 32.4. The predicted octanol–water partition coefficient (Wildman–Crippen LogP) is 3.87. The van der Waals surface area contributed by atoms with Crippen LogP contribution in [0.3, 0.4) is 0 Å². The first-order chi connectivity index (χ1) is 19.3. The van der Waals surface area contributed by atoms with E-state index in [0.29, 0.717) is 18.9 Å². The molecule has 0 N–H and O–H groups in total. The fourth-order valence-corrected chi connectivity index (χ4v) is 7.94. The zero-order valence-electron chi connectivity index (χ0n) is 26.0. The van der Waals surface area contributed by atoms with Gasteiger partial charge in [-0.1, -0.05) is 34.6 Å². The van der Waals surface area contributed by atoms with Crippen LogP contribution in [0.4, 0.5) is 0 Å². The van der Waals surface area contributed by atoms with E-state index in [9.17, 15) is 18.9 Å². The van der Waals surface area contributed by atoms with Gasteiger partial charge in [-0.15, -0.1) is 0 Å². The van der Waals surface area contributed by atoms with Gasteiger partial charge in [0, 0.05) is 25.2 Å². The second kappa shape index (κ2) is 13.0. The molecule has 4 rings (SSSR count). The van der Waals surface area contributed by atoms with Crippen LogP contribution in [0.1, 0.15) is 87.0 Å². The van der Waals surface area contributed by atoms with E-state index in [0.717, 1.165) is 25.9 Å². The van der Waals surface area contributed by atoms with E-state index in [2.05, 4.69) is 25.7 Å². The Labute approximate surface area is 245 Å². The van der Waals surface area contributed by atoms with Gasteiger partial charge in [-0.2, -0.15) is 5.06 Å². The summed E-state index contributed by atoms with van der Waals surface area (Å²) in [5.74, 6) is -0.776. The molecule has 0 radical (unpaired) electrons. The summed E-state index contributed by atoms with van der Waals surface area (Å²) in [6.07, 6.45) is 2.83. The van der Waals surface area contributed by atoms with E-state index >= 15 is 0 Å². The predicted molar refractivity (Wildman–Crippen MR) is 155 cm³/mol. The van der Waals surface area contributed by atoms with Gasteiger partial charge in [0.15, 0.2) is 12.3 Å². The summed E-state index contributed by atoms with van der Waals surface area (Å²) >= 11 is 0. The summed E-state index contributed by atoms with van der Waals surface area (Å²) in [7, 11) is -3.73. The Kier molecular flexibility index (Phi) is 10.3. The van der Waals surface area contributed by atoms with E-state index in [1.807, 2.05) is 18.7 Å². The zero-order chi connectivity index (χ0) is 30.1. The maximum Gasteiger partial charge on any atom is 0.340 e. The van der Waals surface area contributed by atoms with Gasteiger partial charge in [0.05, 0.1) is 19.8 Å². The van der Waals surface area contributed by atoms with E-state index in [1.54, 1.807) is 18.7 Å². The minimum absolute atomic E-state index is 0.0282. The molecule has 3 amide bonds. The van der Waals surface area contributed by atoms with Crippen LogP contribution in [0.2, 0.25) is 0 Å². The third-order valence-electron chi connectivity index (χ3n) is 8.35. The summed E-state index contributed by atoms with van der Waals surface area (Å²) in [4.78, 5) is 54.2. The fourth-order valence-electron chi connectivity index (χ4n) is 6.43. The number of nitrogens with zero attached hydrogens (tertiary/aromatic N) is 4. The quantitative estimate of drug-likeness (QED) is 0.330. The number of rotatable bonds is 11. The number of hydrogen-bond donors (Lipinski definition) is 0. The maximum atomic E-state index is 14.2. The van der Waals surface area contributed by atoms with Crippen LogP contribution >= 0.6 is 7.60 Å². The normalized spacial score (nSPS) is 27.1. The fraction of sp³-hybridized carbons (Fsp3) is 0.897. The van der Waals surface area contributed by atoms with Gasteiger partial charge in [0.1, 0.15) is 12.2 Å². The number of hydroxylamine groups is 2. The molecule has 1 aliphatic carbocycles. The van der Waals surface area contributed by atoms with Gasteiger partial charge in [0.2, 0.25) is 5.91 Å². The van der Waals surface area contributed by atoms with Gasteiger partial charge in [-0.3, -0.25) is 23.8 Å². The Hall–Kier alpha value is -1.52. The van der Waals surface area contributed by atoms with Crippen molar-refractivity contribution in [2.75, 3.05) is 39.0 Å². The molecule has 1 saturated carbocycles. The average molecular weight is 599 g/mol. The standard InChI is InChI=1S/C29H51N4O7P/c1-8-38-41(37,39-9-2)19-26(34)33-25-18-31(22-12-14-30(15-13-22)21-10-11-21)27(35)23(17-29(5,6)7)32(25)28(36)24(40-33)16-20(3)4/h20-25H,8-19H2,1-7H3/t23-,24+,25-/m0/s1. The number of piperidine rings is 1. The number of hydrogen-bond acceptors (Lipinski definition) is 8. The highest BCUT2D eigenvalue weighted by molar-refractivity contribution is 7.54. The first-order valence-corrected chi connectivity index (χ1v) is 17.2. The number of carbonyl (C=O) groups excluding carboxylic acids is 3. The molecule has 3 heterocycles. The Morgan fingerprint density at radius 2 is 1.61 bits per heavy atom. The topological polar surface area (TPSA) is 109 Å². The van der Waals surface area contributed by atoms with Crippen molar-refractivity contribution in [3.63, 3.8) is 0 Å². The van der Waals surface area contributed by atoms with Crippen LogP contribution in [0, 0.1) is 11.3 Å². The Morgan fingerprint density at radius 1 is 1.00 bits per heavy atom. The minimum atomic E-state index is -3.73. The van der Waals surface area contributed by atoms with E-state index in [-0.39, 0.29) is 48.9 Å². The highest BCUT2D eigenvalue weighted by atomic mass is 31.2. The van der Waals surface area contributed by atoms with E-state index in [4.69, 9.17) is 13.9 Å². The molecule has 11 nitrogen and oxygen atoms in total. The molecule has 4 fully saturated rings. The largest absolute Gasteiger partial charge is 0.340 e. The highest BCUT2D eigenvalue weighted by Crippen LogP contribution is 2.48. The van der Waals surface area contributed by atoms with Crippen molar-refractivity contribution in [2.45, 2.75) is 117 Å². The molecule has 0 bridgehead atoms. The number of carbonyl (C=O) groups is 3. The Morgan fingerprint density at radius 3 is 2.12 bits per heavy atom. The van der Waals surface area contributed by atoms with Crippen LogP contribution in [0.5, 0.6) is 0 Å². The lowest BCUT2D eigenvalue weighted by Crippen LogP contribution is -2.75. The Bertz CT molecular complexity index is 996. The van der Waals surface area contributed by atoms with Crippen molar-refractivity contribution in [3.05, 3.63) is 0 Å². The van der Waals surface area contributed by atoms with Gasteiger partial charge in [-0.25, -0.2) is 0 Å². The van der Waals surface area contributed by atoms with Gasteiger partial charge in [-0.05, 0) is 63.7 Å². The lowest BCUT2D eigenvalue weighted by atomic mass is 9.84. The number of amides is 3. The van der Waals surface area contributed by atoms with Crippen molar-refractivity contribution in [1.82, 2.24) is 19.8 Å². The van der Waals surface area contributed by atoms with Crippen molar-refractivity contribution in [1.29, 1.82) is 0 Å². The summed E-state index contributed by atoms with van der Waals surface area (Å²) in [6, 6.07) is -0.0125. The SMILES string of the molecule is CCOP(=O)(CC(=O)N1O[C@H](CC(C)C)C(=O)N2[C@@H]1CN(C1CCN(C3CC3)CC1)C(=O)[C@@H]2CC(C)(C)C)OCC. The summed E-state index contributed by atoms with van der Waals surface area (Å²) < 4.78 is 24.2. The van der Waals surface area contributed by atoms with Crippen LogP contribution in [0.25, 0.3) is 0 Å². The van der Waals surface area contributed by atoms with Crippen LogP contribution < -0.4 is 0 Å². The molecule has 3 aliphatic heterocycles. The van der Waals surface area contributed by atoms with Crippen molar-refractivity contribution >= 4 is 25.3 Å². The minimum Gasteiger partial charge on any atom is -0.334 e. The first-order valence-electron chi connectivity index (χ1n) is 15.5. The van der Waals surface area contributed by atoms with Crippen LogP contribution in [-0.4, -0.2) is 107 Å². The molecule has 0 aromatic heterocycles. The molecule has 41 heavy (non-hydrogen) atoms. The number of fused-ring (bicyclic) bond motifs is 1. The van der Waals surface area contributed by atoms with Crippen molar-refractivity contribution in [3.8, 4) is 0 Å². The van der Waals surface area contributed by atoms with Gasteiger partial charge in [0.25, 0.3) is 11.8 Å². The lowest BCUT2D eigenvalue weighted by molar-refractivity contribution is -0.277. The van der Waals surface area contributed by atoms with Crippen molar-refractivity contribution < 1.29 is 32.8 Å². The molecule has 0 aromatic rings. The van der Waals surface area contributed by atoms with Gasteiger partial charge >= 0.3 is 7.60 Å². The zero-order valence-corrected chi connectivity index (χ0v) is 26.9. The van der Waals surface area contributed by atoms with Crippen molar-refractivity contribution in [2.24, 2.45) is 11.3 Å². The molecule has 0 spiro atoms. The number of likely N-dealkylation sites (tertiary alicyclic amines) is 1. The third-order valence-corrected chi connectivity index (χ3v) is 10.3. The van der Waals surface area contributed by atoms with Gasteiger partial charge < -0.3 is 23.7 Å². The molecular formula is C29H51N4O7P. The molecule has 234 valence electrons. The smallest absolute Gasteiger partial charge is 0.334 e. The number of piperazine rings is 1. The molecule has 0 aromatic carbocycles. The monoisotopic (exact) mass is 598 g/mol. The molecule has 12 heteroatoms. The maximum absolute atomic E-state index is 14.2. The summed E-state index contributed by atoms with van der Waals surface area (Å²) in [5.41, 5.74) is -0.246. The lowest BCUT2D eigenvalue weighted by Gasteiger charge is -2.55. The van der Waals surface area contributed by atoms with E-state index in [1.165, 1.54) is 17.9 Å². The van der Waals surface area contributed by atoms with Crippen LogP contribution in [0.15, 0.2) is 0 Å². The van der Waals surface area contributed by atoms with E-state index < -0.39 is 38.0 Å². The van der Waals surface area contributed by atoms with Crippen LogP contribution in [-0.2, 0) is 32.8 Å². The highest BCUT2D eigenvalue weighted by Gasteiger charge is 2.55. The Balaban J connectivity index is 1.67. The molecule has 0 unspecified atom stereocenters. The second-order valence-corrected chi connectivity index (χ2v) is 15.6. The molecule has 4 aliphatic rings. The summed E-state index contributed by atoms with van der Waals surface area (Å²) in [6.45, 7) is 15.8. The second-order valence-electron chi connectivity index (χ2n) is 13.5. The third kappa shape index (κ3) is 7.71. The molecular weight excluding hydrogens is 547 g/mol. The molecule has 3 atom stereocenters.